The number of hydrogen-bond acceptors (Lipinski definition) is 3. The zero-order valence-electron chi connectivity index (χ0n) is 10.4. The monoisotopic (exact) mass is 253 g/mol. The van der Waals surface area contributed by atoms with E-state index < -0.39 is 0 Å². The molecule has 0 saturated carbocycles. The first-order valence-electron chi connectivity index (χ1n) is 5.67. The lowest BCUT2D eigenvalue weighted by Crippen LogP contribution is -2.27. The summed E-state index contributed by atoms with van der Waals surface area (Å²) < 4.78 is 4.86. The van der Waals surface area contributed by atoms with Crippen molar-refractivity contribution in [3.05, 3.63) is 29.8 Å². The third-order valence-electron chi connectivity index (χ3n) is 2.25. The topological polar surface area (TPSA) is 38.3 Å². The molecule has 3 nitrogen and oxygen atoms in total. The van der Waals surface area contributed by atoms with E-state index >= 15 is 0 Å². The number of ether oxygens (including phenoxy) is 1. The fourth-order valence-corrected chi connectivity index (χ4v) is 2.13. The average molecular weight is 253 g/mol. The molecule has 1 rings (SSSR count). The van der Waals surface area contributed by atoms with Gasteiger partial charge in [-0.1, -0.05) is 17.7 Å². The van der Waals surface area contributed by atoms with Crippen LogP contribution in [0.4, 0.5) is 0 Å². The molecule has 0 aliphatic rings. The first kappa shape index (κ1) is 14.1. The summed E-state index contributed by atoms with van der Waals surface area (Å²) in [5.74, 6) is 0.892. The highest BCUT2D eigenvalue weighted by atomic mass is 32.2. The summed E-state index contributed by atoms with van der Waals surface area (Å²) in [6.45, 7) is 3.22. The molecule has 0 bridgehead atoms. The van der Waals surface area contributed by atoms with Crippen LogP contribution in [0.5, 0.6) is 0 Å². The van der Waals surface area contributed by atoms with Crippen molar-refractivity contribution in [2.24, 2.45) is 0 Å². The van der Waals surface area contributed by atoms with E-state index in [1.807, 2.05) is 0 Å². The van der Waals surface area contributed by atoms with Gasteiger partial charge in [-0.3, -0.25) is 4.79 Å². The first-order valence-corrected chi connectivity index (χ1v) is 6.66. The van der Waals surface area contributed by atoms with Crippen molar-refractivity contribution in [1.82, 2.24) is 5.32 Å². The molecule has 0 fully saturated rings. The van der Waals surface area contributed by atoms with Gasteiger partial charge in [0.25, 0.3) is 0 Å². The first-order chi connectivity index (χ1) is 8.22. The summed E-state index contributed by atoms with van der Waals surface area (Å²) in [6, 6.07) is 8.34. The number of hydrogen-bond donors (Lipinski definition) is 1. The molecular weight excluding hydrogens is 234 g/mol. The van der Waals surface area contributed by atoms with Crippen LogP contribution in [0.25, 0.3) is 0 Å². The largest absolute Gasteiger partial charge is 0.383 e. The van der Waals surface area contributed by atoms with E-state index in [1.54, 1.807) is 18.9 Å². The molecule has 1 aromatic rings. The number of nitrogens with one attached hydrogen (secondary N) is 1. The highest BCUT2D eigenvalue weighted by Gasteiger charge is 2.01. The molecule has 1 amide bonds. The lowest BCUT2D eigenvalue weighted by molar-refractivity contribution is -0.120. The van der Waals surface area contributed by atoms with Gasteiger partial charge in [-0.15, -0.1) is 11.8 Å². The summed E-state index contributed by atoms with van der Waals surface area (Å²) in [5.41, 5.74) is 1.26. The molecule has 17 heavy (non-hydrogen) atoms. The van der Waals surface area contributed by atoms with Crippen LogP contribution in [0.15, 0.2) is 29.2 Å². The Kier molecular flexibility index (Phi) is 6.74. The number of carbonyl (C=O) groups is 1. The number of thioether (sulfide) groups is 1. The third-order valence-corrected chi connectivity index (χ3v) is 3.26. The molecule has 1 aromatic carbocycles. The Morgan fingerprint density at radius 2 is 2.06 bits per heavy atom. The summed E-state index contributed by atoms with van der Waals surface area (Å²) in [5, 5.41) is 2.80. The Morgan fingerprint density at radius 3 is 2.71 bits per heavy atom. The maximum Gasteiger partial charge on any atom is 0.220 e. The molecule has 0 aromatic heterocycles. The number of methoxy groups -OCH3 is 1. The Balaban J connectivity index is 2.14. The number of benzene rings is 1. The number of carbonyl (C=O) groups excluding carboxylic acids is 1. The van der Waals surface area contributed by atoms with E-state index in [0.29, 0.717) is 19.6 Å². The van der Waals surface area contributed by atoms with Crippen molar-refractivity contribution in [2.45, 2.75) is 18.2 Å². The Labute approximate surface area is 107 Å². The van der Waals surface area contributed by atoms with Gasteiger partial charge in [0.1, 0.15) is 0 Å². The van der Waals surface area contributed by atoms with Gasteiger partial charge in [-0.2, -0.15) is 0 Å². The molecule has 0 atom stereocenters. The van der Waals surface area contributed by atoms with Gasteiger partial charge < -0.3 is 10.1 Å². The van der Waals surface area contributed by atoms with Crippen LogP contribution in [-0.4, -0.2) is 31.9 Å². The minimum atomic E-state index is 0.0849. The Morgan fingerprint density at radius 1 is 1.35 bits per heavy atom. The molecule has 0 radical (unpaired) electrons. The molecule has 0 unspecified atom stereocenters. The highest BCUT2D eigenvalue weighted by molar-refractivity contribution is 7.99. The van der Waals surface area contributed by atoms with Crippen molar-refractivity contribution in [3.63, 3.8) is 0 Å². The van der Waals surface area contributed by atoms with Gasteiger partial charge in [-0.05, 0) is 19.1 Å². The molecule has 0 aliphatic carbocycles. The standard InChI is InChI=1S/C13H19NO2S/c1-11-3-5-12(6-4-11)17-10-7-13(15)14-8-9-16-2/h3-6H,7-10H2,1-2H3,(H,14,15). The minimum Gasteiger partial charge on any atom is -0.383 e. The minimum absolute atomic E-state index is 0.0849. The van der Waals surface area contributed by atoms with Crippen LogP contribution >= 0.6 is 11.8 Å². The van der Waals surface area contributed by atoms with Crippen molar-refractivity contribution in [3.8, 4) is 0 Å². The van der Waals surface area contributed by atoms with E-state index in [2.05, 4.69) is 36.5 Å². The number of amides is 1. The van der Waals surface area contributed by atoms with Crippen LogP contribution in [-0.2, 0) is 9.53 Å². The van der Waals surface area contributed by atoms with Crippen LogP contribution < -0.4 is 5.32 Å². The van der Waals surface area contributed by atoms with E-state index in [-0.39, 0.29) is 5.91 Å². The molecule has 4 heteroatoms. The molecule has 1 N–H and O–H groups in total. The highest BCUT2D eigenvalue weighted by Crippen LogP contribution is 2.18. The van der Waals surface area contributed by atoms with Crippen molar-refractivity contribution < 1.29 is 9.53 Å². The van der Waals surface area contributed by atoms with Gasteiger partial charge in [0, 0.05) is 30.7 Å². The quantitative estimate of drug-likeness (QED) is 0.598. The summed E-state index contributed by atoms with van der Waals surface area (Å²) in [4.78, 5) is 12.6. The van der Waals surface area contributed by atoms with Crippen molar-refractivity contribution in [1.29, 1.82) is 0 Å². The molecule has 0 saturated heterocycles. The summed E-state index contributed by atoms with van der Waals surface area (Å²) in [7, 11) is 1.62. The summed E-state index contributed by atoms with van der Waals surface area (Å²) >= 11 is 1.70. The smallest absolute Gasteiger partial charge is 0.220 e. The van der Waals surface area contributed by atoms with Crippen molar-refractivity contribution >= 4 is 17.7 Å². The second-order valence-electron chi connectivity index (χ2n) is 3.75. The second-order valence-corrected chi connectivity index (χ2v) is 4.92. The van der Waals surface area contributed by atoms with Gasteiger partial charge in [-0.25, -0.2) is 0 Å². The van der Waals surface area contributed by atoms with Gasteiger partial charge in [0.05, 0.1) is 6.61 Å². The van der Waals surface area contributed by atoms with E-state index in [0.717, 1.165) is 5.75 Å². The lowest BCUT2D eigenvalue weighted by Gasteiger charge is -2.04. The zero-order valence-corrected chi connectivity index (χ0v) is 11.2. The van der Waals surface area contributed by atoms with Crippen LogP contribution in [0.2, 0.25) is 0 Å². The molecule has 94 valence electrons. The van der Waals surface area contributed by atoms with Crippen LogP contribution in [0.1, 0.15) is 12.0 Å². The molecular formula is C13H19NO2S. The van der Waals surface area contributed by atoms with Gasteiger partial charge in [0.2, 0.25) is 5.91 Å². The number of rotatable bonds is 7. The maximum atomic E-state index is 11.4. The van der Waals surface area contributed by atoms with Crippen LogP contribution in [0.3, 0.4) is 0 Å². The van der Waals surface area contributed by atoms with E-state index in [4.69, 9.17) is 4.74 Å². The zero-order chi connectivity index (χ0) is 12.5. The van der Waals surface area contributed by atoms with Gasteiger partial charge >= 0.3 is 0 Å². The number of aryl methyl sites for hydroxylation is 1. The van der Waals surface area contributed by atoms with E-state index in [1.165, 1.54) is 10.5 Å². The Hall–Kier alpha value is -1.00. The average Bonchev–Trinajstić information content (AvgIpc) is 2.32. The summed E-state index contributed by atoms with van der Waals surface area (Å²) in [6.07, 6.45) is 0.544. The fraction of sp³-hybridized carbons (Fsp3) is 0.462. The molecule has 0 spiro atoms. The normalized spacial score (nSPS) is 10.2. The fourth-order valence-electron chi connectivity index (χ4n) is 1.28. The second kappa shape index (κ2) is 8.14. The predicted molar refractivity (Wildman–Crippen MR) is 71.4 cm³/mol. The van der Waals surface area contributed by atoms with Crippen molar-refractivity contribution in [2.75, 3.05) is 26.0 Å². The third kappa shape index (κ3) is 6.34. The molecule has 0 heterocycles. The predicted octanol–water partition coefficient (Wildman–Crippen LogP) is 2.24. The maximum absolute atomic E-state index is 11.4. The SMILES string of the molecule is COCCNC(=O)CCSc1ccc(C)cc1. The lowest BCUT2D eigenvalue weighted by atomic mass is 10.2. The Bertz CT molecular complexity index is 338. The molecule has 0 aliphatic heterocycles. The van der Waals surface area contributed by atoms with E-state index in [9.17, 15) is 4.79 Å². The van der Waals surface area contributed by atoms with Crippen LogP contribution in [0, 0.1) is 6.92 Å². The van der Waals surface area contributed by atoms with Gasteiger partial charge in [0.15, 0.2) is 0 Å².